The minimum Gasteiger partial charge on any atom is -0.512 e. The van der Waals surface area contributed by atoms with Crippen molar-refractivity contribution in [3.05, 3.63) is 96.7 Å². The Labute approximate surface area is 314 Å². The molecule has 0 aliphatic heterocycles. The van der Waals surface area contributed by atoms with Crippen molar-refractivity contribution in [2.75, 3.05) is 0 Å². The fourth-order valence-corrected chi connectivity index (χ4v) is 7.08. The first-order valence-electron chi connectivity index (χ1n) is 17.4. The van der Waals surface area contributed by atoms with E-state index in [2.05, 4.69) is 80.4 Å². The molecule has 0 bridgehead atoms. The molecule has 5 nitrogen and oxygen atoms in total. The number of fused-ring (bicyclic) bond motifs is 3. The van der Waals surface area contributed by atoms with Crippen molar-refractivity contribution >= 4 is 49.1 Å². The van der Waals surface area contributed by atoms with Gasteiger partial charge < -0.3 is 9.52 Å². The molecule has 50 heavy (non-hydrogen) atoms. The van der Waals surface area contributed by atoms with Crippen LogP contribution in [0.5, 0.6) is 0 Å². The van der Waals surface area contributed by atoms with Crippen LogP contribution in [-0.4, -0.2) is 20.9 Å². The van der Waals surface area contributed by atoms with Crippen LogP contribution in [0.15, 0.2) is 89.5 Å². The second-order valence-electron chi connectivity index (χ2n) is 14.5. The summed E-state index contributed by atoms with van der Waals surface area (Å²) in [6, 6.07) is 22.6. The maximum absolute atomic E-state index is 12.2. The predicted molar refractivity (Wildman–Crippen MR) is 206 cm³/mol. The average molecular weight is 866 g/mol. The predicted octanol–water partition coefficient (Wildman–Crippen LogP) is 12.7. The van der Waals surface area contributed by atoms with Crippen LogP contribution in [0, 0.1) is 16.9 Å². The number of aromatic nitrogens is 2. The van der Waals surface area contributed by atoms with Crippen LogP contribution in [0.4, 0.5) is 0 Å². The van der Waals surface area contributed by atoms with Crippen LogP contribution in [0.1, 0.15) is 93.6 Å². The Balaban J connectivity index is 0.000000269. The molecule has 0 fully saturated rings. The Bertz CT molecular complexity index is 2130. The largest absolute Gasteiger partial charge is 0.512 e. The number of carbonyl (C=O) groups is 1. The van der Waals surface area contributed by atoms with Crippen LogP contribution < -0.4 is 0 Å². The first kappa shape index (κ1) is 39.2. The van der Waals surface area contributed by atoms with Gasteiger partial charge in [-0.3, -0.25) is 14.8 Å². The minimum atomic E-state index is -0.337. The molecular weight excluding hydrogens is 817 g/mol. The van der Waals surface area contributed by atoms with Gasteiger partial charge in [0.1, 0.15) is 11.3 Å². The number of furan rings is 1. The van der Waals surface area contributed by atoms with Crippen molar-refractivity contribution in [2.24, 2.45) is 10.8 Å². The van der Waals surface area contributed by atoms with Gasteiger partial charge in [-0.25, -0.2) is 0 Å². The first-order valence-corrected chi connectivity index (χ1v) is 18.2. The van der Waals surface area contributed by atoms with Gasteiger partial charge in [0.2, 0.25) is 0 Å². The summed E-state index contributed by atoms with van der Waals surface area (Å²) in [6.07, 6.45) is 10.2. The van der Waals surface area contributed by atoms with E-state index in [0.717, 1.165) is 68.6 Å². The second-order valence-corrected chi connectivity index (χ2v) is 15.6. The van der Waals surface area contributed by atoms with Gasteiger partial charge in [-0.05, 0) is 54.7 Å². The number of allylic oxidation sites excluding steroid dienone is 2. The number of pyridine rings is 2. The molecule has 1 radical (unpaired) electrons. The van der Waals surface area contributed by atoms with E-state index in [-0.39, 0.29) is 47.9 Å². The van der Waals surface area contributed by atoms with Crippen molar-refractivity contribution in [3.8, 4) is 21.7 Å². The quantitative estimate of drug-likeness (QED) is 0.0890. The number of aliphatic hydroxyl groups excluding tert-OH is 1. The number of rotatable bonds is 9. The summed E-state index contributed by atoms with van der Waals surface area (Å²) in [5, 5.41) is 13.7. The molecule has 0 atom stereocenters. The van der Waals surface area contributed by atoms with E-state index in [1.807, 2.05) is 60.0 Å². The normalized spacial score (nSPS) is 12.5. The van der Waals surface area contributed by atoms with Gasteiger partial charge in [-0.2, -0.15) is 0 Å². The number of carbonyl (C=O) groups excluding carboxylic acids is 1. The summed E-state index contributed by atoms with van der Waals surface area (Å²) in [4.78, 5) is 22.7. The molecule has 265 valence electrons. The summed E-state index contributed by atoms with van der Waals surface area (Å²) in [7, 11) is 0. The van der Waals surface area contributed by atoms with Gasteiger partial charge in [0.05, 0.1) is 6.26 Å². The van der Waals surface area contributed by atoms with E-state index in [1.54, 1.807) is 17.6 Å². The minimum absolute atomic E-state index is 0. The molecule has 0 amide bonds. The third kappa shape index (κ3) is 7.96. The fourth-order valence-electron chi connectivity index (χ4n) is 5.94. The molecule has 0 aliphatic carbocycles. The van der Waals surface area contributed by atoms with E-state index in [0.29, 0.717) is 0 Å². The molecule has 6 aromatic rings. The monoisotopic (exact) mass is 866 g/mol. The van der Waals surface area contributed by atoms with E-state index < -0.39 is 0 Å². The third-order valence-corrected chi connectivity index (χ3v) is 11.7. The molecule has 4 aromatic heterocycles. The van der Waals surface area contributed by atoms with Crippen molar-refractivity contribution < 1.29 is 34.4 Å². The number of ketones is 1. The third-order valence-electron chi connectivity index (χ3n) is 10.5. The van der Waals surface area contributed by atoms with Crippen LogP contribution in [-0.2, 0) is 30.3 Å². The number of hydrogen-bond donors (Lipinski definition) is 1. The van der Waals surface area contributed by atoms with E-state index >= 15 is 0 Å². The van der Waals surface area contributed by atoms with Gasteiger partial charge in [-0.1, -0.05) is 91.5 Å². The number of nitrogens with zero attached hydrogens (tertiary/aromatic N) is 2. The summed E-state index contributed by atoms with van der Waals surface area (Å²) in [6.45, 7) is 18.9. The van der Waals surface area contributed by atoms with E-state index in [1.165, 1.54) is 22.4 Å². The standard InChI is InChI=1S/C28H21N2OS.C15H28O2.Ir/c1-28(2,3)22-13-19(12-17-6-4-5-7-21(17)22)26-27-18(8-10-29-26)15-25(32-27)20-14-24-23(30-16-20)9-11-31-24;1-7-14(5,8-2)12(16)11-13(17)15(6,9-3)10-4;/h4-11,13-16H,1-3H3;11,16H,7-10H2,1-6H3;/q-1;;/b;12-11-;. The average Bonchev–Trinajstić information content (AvgIpc) is 3.77. The van der Waals surface area contributed by atoms with Crippen molar-refractivity contribution in [1.29, 1.82) is 0 Å². The zero-order valence-corrected chi connectivity index (χ0v) is 33.9. The zero-order chi connectivity index (χ0) is 35.6. The van der Waals surface area contributed by atoms with Gasteiger partial charge in [0.15, 0.2) is 11.4 Å². The topological polar surface area (TPSA) is 76.2 Å². The maximum atomic E-state index is 12.2. The van der Waals surface area contributed by atoms with Crippen molar-refractivity contribution in [3.63, 3.8) is 0 Å². The number of hydrogen-bond acceptors (Lipinski definition) is 6. The Morgan fingerprint density at radius 3 is 2.24 bits per heavy atom. The first-order chi connectivity index (χ1) is 23.3. The molecule has 0 spiro atoms. The van der Waals surface area contributed by atoms with Gasteiger partial charge in [-0.15, -0.1) is 40.5 Å². The molecule has 0 saturated heterocycles. The molecule has 6 rings (SSSR count). The summed E-state index contributed by atoms with van der Waals surface area (Å²) >= 11 is 1.74. The van der Waals surface area contributed by atoms with Gasteiger partial charge in [0.25, 0.3) is 0 Å². The van der Waals surface area contributed by atoms with Gasteiger partial charge in [0, 0.05) is 76.3 Å². The van der Waals surface area contributed by atoms with Crippen LogP contribution in [0.3, 0.4) is 0 Å². The van der Waals surface area contributed by atoms with Crippen LogP contribution >= 0.6 is 11.3 Å². The molecular formula is C43H49IrN2O3S-. The fraction of sp³-hybridized carbons (Fsp3) is 0.372. The van der Waals surface area contributed by atoms with Crippen molar-refractivity contribution in [1.82, 2.24) is 9.97 Å². The molecule has 2 aromatic carbocycles. The van der Waals surface area contributed by atoms with Gasteiger partial charge >= 0.3 is 0 Å². The van der Waals surface area contributed by atoms with E-state index in [4.69, 9.17) is 9.40 Å². The zero-order valence-electron chi connectivity index (χ0n) is 30.7. The Morgan fingerprint density at radius 1 is 0.900 bits per heavy atom. The Morgan fingerprint density at radius 2 is 1.58 bits per heavy atom. The molecule has 7 heteroatoms. The summed E-state index contributed by atoms with van der Waals surface area (Å²) in [5.41, 5.74) is 5.46. The number of aliphatic hydroxyl groups is 1. The summed E-state index contributed by atoms with van der Waals surface area (Å²) in [5.74, 6) is 0.286. The smallest absolute Gasteiger partial charge is 0.164 e. The molecule has 1 N–H and O–H groups in total. The van der Waals surface area contributed by atoms with Crippen LogP contribution in [0.25, 0.3) is 53.7 Å². The molecule has 4 heterocycles. The number of benzene rings is 2. The molecule has 0 aliphatic rings. The van der Waals surface area contributed by atoms with E-state index in [9.17, 15) is 9.90 Å². The Hall–Kier alpha value is -3.64. The summed E-state index contributed by atoms with van der Waals surface area (Å²) < 4.78 is 6.72. The maximum Gasteiger partial charge on any atom is 0.164 e. The van der Waals surface area contributed by atoms with Crippen LogP contribution in [0.2, 0.25) is 0 Å². The second kappa shape index (κ2) is 15.7. The number of thiophene rings is 1. The molecule has 0 unspecified atom stereocenters. The van der Waals surface area contributed by atoms with Crippen molar-refractivity contribution in [2.45, 2.75) is 93.4 Å². The molecule has 0 saturated carbocycles. The Kier molecular flexibility index (Phi) is 12.3. The SMILES string of the molecule is CC(C)(C)c1cc(-c2nccc3cc(-c4cnc5ccoc5c4)sc23)[c-]c2ccccc12.CCC(C)(CC)C(=O)/C=C(\O)C(C)(CC)CC.[Ir].